The topological polar surface area (TPSA) is 9.23 Å². The molecule has 0 atom stereocenters. The maximum Gasteiger partial charge on any atom is 0.135 e. The molecule has 1 heterocycles. The van der Waals surface area contributed by atoms with Gasteiger partial charge in [-0.1, -0.05) is 127 Å². The van der Waals surface area contributed by atoms with Gasteiger partial charge >= 0.3 is 0 Å². The molecule has 1 nitrogen and oxygen atoms in total. The van der Waals surface area contributed by atoms with Crippen molar-refractivity contribution in [2.24, 2.45) is 0 Å². The molecule has 0 unspecified atom stereocenters. The van der Waals surface area contributed by atoms with Crippen LogP contribution >= 0.6 is 0 Å². The van der Waals surface area contributed by atoms with Gasteiger partial charge in [0.1, 0.15) is 11.5 Å². The van der Waals surface area contributed by atoms with E-state index in [0.717, 1.165) is 17.1 Å². The van der Waals surface area contributed by atoms with Crippen LogP contribution in [0.1, 0.15) is 0 Å². The fourth-order valence-electron chi connectivity index (χ4n) is 6.78. The predicted octanol–water partition coefficient (Wildman–Crippen LogP) is 11.4. The third-order valence-corrected chi connectivity index (χ3v) is 8.67. The molecule has 0 aromatic heterocycles. The molecule has 1 aliphatic heterocycles. The second kappa shape index (κ2) is 8.55. The molecule has 0 N–H and O–H groups in total. The van der Waals surface area contributed by atoms with Crippen LogP contribution in [-0.2, 0) is 0 Å². The molecule has 0 bridgehead atoms. The van der Waals surface area contributed by atoms with Gasteiger partial charge < -0.3 is 4.74 Å². The van der Waals surface area contributed by atoms with Gasteiger partial charge in [0.05, 0.1) is 0 Å². The molecule has 190 valence electrons. The van der Waals surface area contributed by atoms with Crippen LogP contribution in [0.5, 0.6) is 11.5 Å². The van der Waals surface area contributed by atoms with Crippen molar-refractivity contribution in [2.75, 3.05) is 0 Å². The minimum Gasteiger partial charge on any atom is -0.456 e. The Morgan fingerprint density at radius 2 is 0.951 bits per heavy atom. The Morgan fingerprint density at radius 1 is 0.317 bits per heavy atom. The number of fused-ring (bicyclic) bond motifs is 6. The lowest BCUT2D eigenvalue weighted by Gasteiger charge is -2.23. The summed E-state index contributed by atoms with van der Waals surface area (Å²) < 4.78 is 6.37. The number of ether oxygens (including phenoxy) is 1. The van der Waals surface area contributed by atoms with Gasteiger partial charge in [0, 0.05) is 10.9 Å². The summed E-state index contributed by atoms with van der Waals surface area (Å²) in [7, 11) is 0. The number of hydrogen-bond acceptors (Lipinski definition) is 1. The van der Waals surface area contributed by atoms with E-state index in [-0.39, 0.29) is 0 Å². The molecular weight excluding hydrogens is 496 g/mol. The van der Waals surface area contributed by atoms with E-state index in [9.17, 15) is 0 Å². The van der Waals surface area contributed by atoms with E-state index < -0.39 is 0 Å². The number of benzene rings is 8. The van der Waals surface area contributed by atoms with Crippen molar-refractivity contribution in [3.63, 3.8) is 0 Å². The number of rotatable bonds is 2. The summed E-state index contributed by atoms with van der Waals surface area (Å²) in [5, 5.41) is 10.0. The van der Waals surface area contributed by atoms with Gasteiger partial charge in [-0.3, -0.25) is 0 Å². The molecule has 0 fully saturated rings. The molecule has 0 saturated heterocycles. The molecule has 0 saturated carbocycles. The van der Waals surface area contributed by atoms with Crippen molar-refractivity contribution in [1.29, 1.82) is 0 Å². The molecule has 8 aromatic rings. The first-order valence-corrected chi connectivity index (χ1v) is 14.1. The average Bonchev–Trinajstić information content (AvgIpc) is 3.04. The minimum absolute atomic E-state index is 0.915. The molecule has 9 rings (SSSR count). The monoisotopic (exact) mass is 520 g/mol. The Balaban J connectivity index is 1.25. The van der Waals surface area contributed by atoms with Crippen molar-refractivity contribution in [3.8, 4) is 44.9 Å². The van der Waals surface area contributed by atoms with E-state index in [2.05, 4.69) is 133 Å². The van der Waals surface area contributed by atoms with Gasteiger partial charge in [0.25, 0.3) is 0 Å². The molecule has 1 heteroatoms. The molecule has 41 heavy (non-hydrogen) atoms. The van der Waals surface area contributed by atoms with Crippen LogP contribution in [0.15, 0.2) is 146 Å². The van der Waals surface area contributed by atoms with E-state index in [1.807, 2.05) is 12.1 Å². The summed E-state index contributed by atoms with van der Waals surface area (Å²) in [6.07, 6.45) is 0. The van der Waals surface area contributed by atoms with Crippen LogP contribution in [0.25, 0.3) is 76.5 Å². The van der Waals surface area contributed by atoms with Gasteiger partial charge in [-0.15, -0.1) is 0 Å². The third kappa shape index (κ3) is 3.30. The minimum atomic E-state index is 0.915. The van der Waals surface area contributed by atoms with Crippen LogP contribution in [0.2, 0.25) is 0 Å². The van der Waals surface area contributed by atoms with Gasteiger partial charge in [-0.2, -0.15) is 0 Å². The van der Waals surface area contributed by atoms with Crippen LogP contribution < -0.4 is 4.74 Å². The van der Waals surface area contributed by atoms with Gasteiger partial charge in [0.2, 0.25) is 0 Å². The second-order valence-electron chi connectivity index (χ2n) is 10.9. The van der Waals surface area contributed by atoms with Gasteiger partial charge in [-0.05, 0) is 83.7 Å². The van der Waals surface area contributed by atoms with E-state index in [1.54, 1.807) is 0 Å². The summed E-state index contributed by atoms with van der Waals surface area (Å²) in [5.74, 6) is 1.83. The first-order valence-electron chi connectivity index (χ1n) is 14.1. The number of hydrogen-bond donors (Lipinski definition) is 0. The summed E-state index contributed by atoms with van der Waals surface area (Å²) in [4.78, 5) is 0. The summed E-state index contributed by atoms with van der Waals surface area (Å²) in [6.45, 7) is 0. The Kier molecular flexibility index (Phi) is 4.67. The molecular formula is C40H24O. The van der Waals surface area contributed by atoms with Crippen molar-refractivity contribution in [2.45, 2.75) is 0 Å². The zero-order valence-electron chi connectivity index (χ0n) is 22.3. The van der Waals surface area contributed by atoms with Crippen molar-refractivity contribution in [1.82, 2.24) is 0 Å². The summed E-state index contributed by atoms with van der Waals surface area (Å²) in [6, 6.07) is 52.6. The fraction of sp³-hybridized carbons (Fsp3) is 0. The van der Waals surface area contributed by atoms with Crippen molar-refractivity contribution >= 4 is 43.1 Å². The maximum atomic E-state index is 6.37. The molecule has 0 amide bonds. The fourth-order valence-corrected chi connectivity index (χ4v) is 6.78. The molecule has 1 aliphatic rings. The zero-order chi connectivity index (χ0) is 26.9. The SMILES string of the molecule is c1ccc2c(c1)Oc1ccc(-c3ccc(-c4ccc5c(ccc6ccccc65)c4)c4ccccc34)c3cccc-2c13. The van der Waals surface area contributed by atoms with Crippen LogP contribution in [0, 0.1) is 0 Å². The molecule has 0 spiro atoms. The largest absolute Gasteiger partial charge is 0.456 e. The lowest BCUT2D eigenvalue weighted by Crippen LogP contribution is -1.97. The molecule has 0 radical (unpaired) electrons. The molecule has 0 aliphatic carbocycles. The smallest absolute Gasteiger partial charge is 0.135 e. The van der Waals surface area contributed by atoms with E-state index in [1.165, 1.54) is 70.9 Å². The lowest BCUT2D eigenvalue weighted by atomic mass is 9.87. The first kappa shape index (κ1) is 22.4. The van der Waals surface area contributed by atoms with Gasteiger partial charge in [0.15, 0.2) is 0 Å². The Hall–Kier alpha value is -5.40. The highest BCUT2D eigenvalue weighted by Crippen LogP contribution is 2.49. The average molecular weight is 521 g/mol. The number of para-hydroxylation sites is 1. The van der Waals surface area contributed by atoms with E-state index in [0.29, 0.717) is 0 Å². The second-order valence-corrected chi connectivity index (χ2v) is 10.9. The standard InChI is InChI=1S/C40H24O/c1-2-9-28-25(8-1)16-17-26-24-27(18-19-29(26)28)30-20-21-33(32-11-4-3-10-31(30)32)34-22-23-39-40-36(34)13-7-14-37(40)35-12-5-6-15-38(35)41-39/h1-24H. The van der Waals surface area contributed by atoms with E-state index >= 15 is 0 Å². The lowest BCUT2D eigenvalue weighted by molar-refractivity contribution is 0.487. The third-order valence-electron chi connectivity index (χ3n) is 8.67. The first-order chi connectivity index (χ1) is 20.3. The Morgan fingerprint density at radius 3 is 1.88 bits per heavy atom. The predicted molar refractivity (Wildman–Crippen MR) is 173 cm³/mol. The summed E-state index contributed by atoms with van der Waals surface area (Å²) in [5.41, 5.74) is 7.31. The highest BCUT2D eigenvalue weighted by Gasteiger charge is 2.22. The summed E-state index contributed by atoms with van der Waals surface area (Å²) >= 11 is 0. The highest BCUT2D eigenvalue weighted by molar-refractivity contribution is 6.15. The van der Waals surface area contributed by atoms with Crippen LogP contribution in [0.4, 0.5) is 0 Å². The maximum absolute atomic E-state index is 6.37. The van der Waals surface area contributed by atoms with Crippen LogP contribution in [0.3, 0.4) is 0 Å². The van der Waals surface area contributed by atoms with Gasteiger partial charge in [-0.25, -0.2) is 0 Å². The van der Waals surface area contributed by atoms with E-state index in [4.69, 9.17) is 4.74 Å². The Labute approximate surface area is 237 Å². The highest BCUT2D eigenvalue weighted by atomic mass is 16.5. The molecule has 8 aromatic carbocycles. The van der Waals surface area contributed by atoms with Crippen molar-refractivity contribution < 1.29 is 4.74 Å². The zero-order valence-corrected chi connectivity index (χ0v) is 22.3. The normalized spacial score (nSPS) is 12.1. The Bertz CT molecular complexity index is 2340. The van der Waals surface area contributed by atoms with Crippen molar-refractivity contribution in [3.05, 3.63) is 146 Å². The van der Waals surface area contributed by atoms with Crippen LogP contribution in [-0.4, -0.2) is 0 Å². The quantitative estimate of drug-likeness (QED) is 0.206.